The van der Waals surface area contributed by atoms with Crippen molar-refractivity contribution in [3.63, 3.8) is 0 Å². The van der Waals surface area contributed by atoms with Gasteiger partial charge in [-0.2, -0.15) is 0 Å². The number of halogens is 1. The molecule has 0 radical (unpaired) electrons. The van der Waals surface area contributed by atoms with Crippen molar-refractivity contribution in [3.8, 4) is 5.75 Å². The average molecular weight is 282 g/mol. The molecule has 2 aromatic rings. The Labute approximate surface area is 117 Å². The summed E-state index contributed by atoms with van der Waals surface area (Å²) in [5, 5.41) is 3.86. The van der Waals surface area contributed by atoms with Crippen LogP contribution < -0.4 is 10.1 Å². The Morgan fingerprint density at radius 1 is 1.33 bits per heavy atom. The predicted octanol–water partition coefficient (Wildman–Crippen LogP) is 4.01. The lowest BCUT2D eigenvalue weighted by molar-refractivity contribution is 0.306. The highest BCUT2D eigenvalue weighted by Crippen LogP contribution is 2.24. The fourth-order valence-electron chi connectivity index (χ4n) is 1.71. The molecular formula is C14H16ClNOS. The van der Waals surface area contributed by atoms with Crippen molar-refractivity contribution in [2.24, 2.45) is 0 Å². The lowest BCUT2D eigenvalue weighted by Crippen LogP contribution is -2.02. The summed E-state index contributed by atoms with van der Waals surface area (Å²) in [5.74, 6) is 0.809. The van der Waals surface area contributed by atoms with Crippen LogP contribution in [0.2, 0.25) is 5.02 Å². The quantitative estimate of drug-likeness (QED) is 0.894. The lowest BCUT2D eigenvalue weighted by atomic mass is 10.2. The van der Waals surface area contributed by atoms with E-state index in [1.807, 2.05) is 42.6 Å². The van der Waals surface area contributed by atoms with Crippen LogP contribution in [0.25, 0.3) is 0 Å². The van der Waals surface area contributed by atoms with Crippen molar-refractivity contribution in [2.75, 3.05) is 7.05 Å². The second-order valence-electron chi connectivity index (χ2n) is 4.07. The summed E-state index contributed by atoms with van der Waals surface area (Å²) in [6.07, 6.45) is 0. The van der Waals surface area contributed by atoms with E-state index in [1.165, 1.54) is 15.3 Å². The van der Waals surface area contributed by atoms with Gasteiger partial charge >= 0.3 is 0 Å². The molecule has 0 saturated heterocycles. The van der Waals surface area contributed by atoms with Crippen LogP contribution in [0.5, 0.6) is 5.75 Å². The Morgan fingerprint density at radius 2 is 2.17 bits per heavy atom. The van der Waals surface area contributed by atoms with E-state index < -0.39 is 0 Å². The smallest absolute Gasteiger partial charge is 0.121 e. The molecule has 4 heteroatoms. The summed E-state index contributed by atoms with van der Waals surface area (Å²) in [7, 11) is 1.96. The number of nitrogens with one attached hydrogen (secondary N) is 1. The standard InChI is InChI=1S/C14H16ClNOS/c1-10-11(6-14(18-10)8-16-2)9-17-13-5-3-4-12(15)7-13/h3-7,16H,8-9H2,1-2H3. The third-order valence-electron chi connectivity index (χ3n) is 2.61. The first kappa shape index (κ1) is 13.4. The first-order valence-electron chi connectivity index (χ1n) is 5.80. The van der Waals surface area contributed by atoms with Crippen molar-refractivity contribution in [3.05, 3.63) is 50.7 Å². The van der Waals surface area contributed by atoms with Crippen LogP contribution in [0, 0.1) is 6.92 Å². The molecule has 0 aliphatic heterocycles. The Hall–Kier alpha value is -1.03. The van der Waals surface area contributed by atoms with E-state index in [0.29, 0.717) is 11.6 Å². The molecule has 0 unspecified atom stereocenters. The summed E-state index contributed by atoms with van der Waals surface area (Å²) in [6, 6.07) is 9.68. The van der Waals surface area contributed by atoms with Crippen LogP contribution in [-0.4, -0.2) is 7.05 Å². The van der Waals surface area contributed by atoms with Gasteiger partial charge in [-0.25, -0.2) is 0 Å². The highest BCUT2D eigenvalue weighted by atomic mass is 35.5. The van der Waals surface area contributed by atoms with Crippen LogP contribution in [0.1, 0.15) is 15.3 Å². The van der Waals surface area contributed by atoms with Gasteiger partial charge in [0.05, 0.1) is 0 Å². The number of hydrogen-bond acceptors (Lipinski definition) is 3. The monoisotopic (exact) mass is 281 g/mol. The molecule has 1 N–H and O–H groups in total. The molecule has 0 aliphatic rings. The fourth-order valence-corrected chi connectivity index (χ4v) is 2.95. The van der Waals surface area contributed by atoms with E-state index in [2.05, 4.69) is 18.3 Å². The summed E-state index contributed by atoms with van der Waals surface area (Å²) in [5.41, 5.74) is 1.24. The molecule has 0 saturated carbocycles. The van der Waals surface area contributed by atoms with E-state index in [-0.39, 0.29) is 0 Å². The third kappa shape index (κ3) is 3.48. The van der Waals surface area contributed by atoms with Gasteiger partial charge in [0.2, 0.25) is 0 Å². The molecule has 0 atom stereocenters. The Morgan fingerprint density at radius 3 is 2.89 bits per heavy atom. The van der Waals surface area contributed by atoms with Gasteiger partial charge < -0.3 is 10.1 Å². The third-order valence-corrected chi connectivity index (χ3v) is 3.94. The Balaban J connectivity index is 2.01. The first-order chi connectivity index (χ1) is 8.69. The van der Waals surface area contributed by atoms with Gasteiger partial charge in [0.25, 0.3) is 0 Å². The number of ether oxygens (including phenoxy) is 1. The van der Waals surface area contributed by atoms with Gasteiger partial charge in [0.15, 0.2) is 0 Å². The summed E-state index contributed by atoms with van der Waals surface area (Å²) in [4.78, 5) is 2.64. The minimum absolute atomic E-state index is 0.590. The molecule has 0 bridgehead atoms. The maximum atomic E-state index is 5.92. The van der Waals surface area contributed by atoms with Crippen molar-refractivity contribution in [1.29, 1.82) is 0 Å². The van der Waals surface area contributed by atoms with Crippen molar-refractivity contribution in [1.82, 2.24) is 5.32 Å². The number of aryl methyl sites for hydroxylation is 1. The maximum absolute atomic E-state index is 5.92. The van der Waals surface area contributed by atoms with Crippen molar-refractivity contribution >= 4 is 22.9 Å². The molecular weight excluding hydrogens is 266 g/mol. The Bertz CT molecular complexity index is 524. The number of thiophene rings is 1. The zero-order valence-corrected chi connectivity index (χ0v) is 12.1. The van der Waals surface area contributed by atoms with Crippen LogP contribution >= 0.6 is 22.9 Å². The van der Waals surface area contributed by atoms with Crippen LogP contribution in [0.3, 0.4) is 0 Å². The molecule has 1 aromatic heterocycles. The summed E-state index contributed by atoms with van der Waals surface area (Å²) >= 11 is 7.73. The van der Waals surface area contributed by atoms with E-state index in [0.717, 1.165) is 12.3 Å². The molecule has 2 nitrogen and oxygen atoms in total. The molecule has 0 aliphatic carbocycles. The van der Waals surface area contributed by atoms with Gasteiger partial charge in [0, 0.05) is 26.9 Å². The molecule has 96 valence electrons. The molecule has 2 rings (SSSR count). The number of rotatable bonds is 5. The van der Waals surface area contributed by atoms with Crippen LogP contribution in [0.15, 0.2) is 30.3 Å². The first-order valence-corrected chi connectivity index (χ1v) is 6.99. The molecule has 1 heterocycles. The van der Waals surface area contributed by atoms with Crippen molar-refractivity contribution < 1.29 is 4.74 Å². The van der Waals surface area contributed by atoms with Gasteiger partial charge in [-0.05, 0) is 38.2 Å². The van der Waals surface area contributed by atoms with Crippen molar-refractivity contribution in [2.45, 2.75) is 20.1 Å². The van der Waals surface area contributed by atoms with Gasteiger partial charge in [-0.15, -0.1) is 11.3 Å². The highest BCUT2D eigenvalue weighted by molar-refractivity contribution is 7.12. The van der Waals surface area contributed by atoms with Gasteiger partial charge in [-0.1, -0.05) is 17.7 Å². The molecule has 18 heavy (non-hydrogen) atoms. The van der Waals surface area contributed by atoms with Gasteiger partial charge in [0.1, 0.15) is 12.4 Å². The number of hydrogen-bond donors (Lipinski definition) is 1. The van der Waals surface area contributed by atoms with E-state index >= 15 is 0 Å². The largest absolute Gasteiger partial charge is 0.489 e. The molecule has 0 fully saturated rings. The van der Waals surface area contributed by atoms with E-state index in [9.17, 15) is 0 Å². The SMILES string of the molecule is CNCc1cc(COc2cccc(Cl)c2)c(C)s1. The second-order valence-corrected chi connectivity index (χ2v) is 5.85. The Kier molecular flexibility index (Phi) is 4.64. The van der Waals surface area contributed by atoms with E-state index in [1.54, 1.807) is 0 Å². The minimum Gasteiger partial charge on any atom is -0.489 e. The zero-order valence-electron chi connectivity index (χ0n) is 10.5. The fraction of sp³-hybridized carbons (Fsp3) is 0.286. The second kappa shape index (κ2) is 6.23. The molecule has 0 spiro atoms. The minimum atomic E-state index is 0.590. The predicted molar refractivity (Wildman–Crippen MR) is 77.6 cm³/mol. The van der Waals surface area contributed by atoms with Crippen LogP contribution in [-0.2, 0) is 13.2 Å². The summed E-state index contributed by atoms with van der Waals surface area (Å²) in [6.45, 7) is 3.62. The van der Waals surface area contributed by atoms with E-state index in [4.69, 9.17) is 16.3 Å². The molecule has 1 aromatic carbocycles. The highest BCUT2D eigenvalue weighted by Gasteiger charge is 2.06. The number of benzene rings is 1. The summed E-state index contributed by atoms with van der Waals surface area (Å²) < 4.78 is 5.75. The maximum Gasteiger partial charge on any atom is 0.121 e. The average Bonchev–Trinajstić information content (AvgIpc) is 2.68. The molecule has 0 amide bonds. The van der Waals surface area contributed by atoms with Gasteiger partial charge in [-0.3, -0.25) is 0 Å². The topological polar surface area (TPSA) is 21.3 Å². The van der Waals surface area contributed by atoms with Crippen LogP contribution in [0.4, 0.5) is 0 Å². The lowest BCUT2D eigenvalue weighted by Gasteiger charge is -2.05. The normalized spacial score (nSPS) is 10.6. The zero-order chi connectivity index (χ0) is 13.0.